The fraction of sp³-hybridized carbons (Fsp3) is 0.212. The molecule has 0 bridgehead atoms. The van der Waals surface area contributed by atoms with Crippen molar-refractivity contribution in [3.05, 3.63) is 108 Å². The van der Waals surface area contributed by atoms with E-state index in [9.17, 15) is 9.90 Å². The first kappa shape index (κ1) is 26.3. The van der Waals surface area contributed by atoms with Crippen LogP contribution in [0.25, 0.3) is 33.1 Å². The maximum absolute atomic E-state index is 12.0. The van der Waals surface area contributed by atoms with E-state index in [0.29, 0.717) is 25.3 Å². The van der Waals surface area contributed by atoms with E-state index < -0.39 is 11.4 Å². The largest absolute Gasteiger partial charge is 0.487 e. The molecule has 0 amide bonds. The molecule has 1 N–H and O–H groups in total. The van der Waals surface area contributed by atoms with Gasteiger partial charge < -0.3 is 14.4 Å². The standard InChI is InChI=1S/C33H31N5O3/c1-33(2,32(39)40)17-31-36-29-16-27(41-21-26-13-12-24-6-4-5-7-28(24)35-26)14-15-30(29)38(31)19-22-8-10-23(11-9-22)25-18-34-37(3)20-25/h4-16,18,20H,17,19,21H2,1-3H3,(H,39,40). The van der Waals surface area contributed by atoms with Gasteiger partial charge in [-0.05, 0) is 49.2 Å². The maximum Gasteiger partial charge on any atom is 0.309 e. The lowest BCUT2D eigenvalue weighted by molar-refractivity contribution is -0.146. The van der Waals surface area contributed by atoms with Gasteiger partial charge in [-0.15, -0.1) is 0 Å². The number of carboxylic acids is 1. The molecule has 6 aromatic rings. The van der Waals surface area contributed by atoms with Crippen LogP contribution in [-0.2, 0) is 31.4 Å². The molecule has 0 aliphatic carbocycles. The molecule has 6 rings (SSSR count). The van der Waals surface area contributed by atoms with Crippen LogP contribution < -0.4 is 4.74 Å². The number of aromatic nitrogens is 5. The van der Waals surface area contributed by atoms with Gasteiger partial charge in [0.05, 0.1) is 33.9 Å². The second-order valence-electron chi connectivity index (χ2n) is 11.0. The number of rotatable bonds is 9. The average molecular weight is 546 g/mol. The van der Waals surface area contributed by atoms with E-state index in [4.69, 9.17) is 14.7 Å². The van der Waals surface area contributed by atoms with Gasteiger partial charge in [-0.25, -0.2) is 9.97 Å². The van der Waals surface area contributed by atoms with E-state index >= 15 is 0 Å². The first-order valence-corrected chi connectivity index (χ1v) is 13.5. The number of pyridine rings is 1. The van der Waals surface area contributed by atoms with Gasteiger partial charge in [0, 0.05) is 43.2 Å². The molecule has 0 atom stereocenters. The van der Waals surface area contributed by atoms with Crippen LogP contribution in [0.4, 0.5) is 0 Å². The maximum atomic E-state index is 12.0. The number of carbonyl (C=O) groups is 1. The summed E-state index contributed by atoms with van der Waals surface area (Å²) in [6.07, 6.45) is 4.13. The summed E-state index contributed by atoms with van der Waals surface area (Å²) in [5.41, 5.74) is 5.73. The van der Waals surface area contributed by atoms with Crippen LogP contribution in [0, 0.1) is 5.41 Å². The Bertz CT molecular complexity index is 1870. The minimum Gasteiger partial charge on any atom is -0.487 e. The number of aliphatic carboxylic acids is 1. The molecule has 3 heterocycles. The number of benzene rings is 3. The Kier molecular flexibility index (Phi) is 6.75. The monoisotopic (exact) mass is 545 g/mol. The molecule has 0 spiro atoms. The molecule has 41 heavy (non-hydrogen) atoms. The normalized spacial score (nSPS) is 11.8. The van der Waals surface area contributed by atoms with Crippen LogP contribution in [0.1, 0.15) is 30.9 Å². The number of carboxylic acid groups (broad SMARTS) is 1. The molecular formula is C33H31N5O3. The summed E-state index contributed by atoms with van der Waals surface area (Å²) in [4.78, 5) is 21.6. The third kappa shape index (κ3) is 5.54. The van der Waals surface area contributed by atoms with Crippen molar-refractivity contribution < 1.29 is 14.6 Å². The van der Waals surface area contributed by atoms with Crippen LogP contribution >= 0.6 is 0 Å². The lowest BCUT2D eigenvalue weighted by atomic mass is 9.89. The van der Waals surface area contributed by atoms with Gasteiger partial charge in [-0.1, -0.05) is 48.5 Å². The fourth-order valence-electron chi connectivity index (χ4n) is 4.93. The Morgan fingerprint density at radius 1 is 0.927 bits per heavy atom. The summed E-state index contributed by atoms with van der Waals surface area (Å²) in [5.74, 6) is 0.544. The topological polar surface area (TPSA) is 95.1 Å². The van der Waals surface area contributed by atoms with Crippen molar-refractivity contribution in [1.82, 2.24) is 24.3 Å². The molecular weight excluding hydrogens is 514 g/mol. The van der Waals surface area contributed by atoms with Gasteiger partial charge in [-0.2, -0.15) is 5.10 Å². The smallest absolute Gasteiger partial charge is 0.309 e. The highest BCUT2D eigenvalue weighted by molar-refractivity contribution is 5.79. The molecule has 3 aromatic carbocycles. The van der Waals surface area contributed by atoms with Crippen molar-refractivity contribution in [1.29, 1.82) is 0 Å². The molecule has 0 saturated carbocycles. The van der Waals surface area contributed by atoms with E-state index in [1.54, 1.807) is 18.5 Å². The summed E-state index contributed by atoms with van der Waals surface area (Å²) >= 11 is 0. The molecule has 8 heteroatoms. The fourth-order valence-corrected chi connectivity index (χ4v) is 4.93. The van der Waals surface area contributed by atoms with Crippen LogP contribution in [-0.4, -0.2) is 35.4 Å². The molecule has 0 unspecified atom stereocenters. The third-order valence-electron chi connectivity index (χ3n) is 7.35. The Balaban J connectivity index is 1.28. The number of hydrogen-bond donors (Lipinski definition) is 1. The number of hydrogen-bond acceptors (Lipinski definition) is 5. The third-order valence-corrected chi connectivity index (χ3v) is 7.35. The molecule has 0 fully saturated rings. The average Bonchev–Trinajstić information content (AvgIpc) is 3.54. The molecule has 0 aliphatic heterocycles. The van der Waals surface area contributed by atoms with Crippen molar-refractivity contribution in [2.24, 2.45) is 12.5 Å². The number of imidazole rings is 1. The zero-order valence-corrected chi connectivity index (χ0v) is 23.3. The van der Waals surface area contributed by atoms with Crippen LogP contribution in [0.3, 0.4) is 0 Å². The van der Waals surface area contributed by atoms with Gasteiger partial charge in [0.1, 0.15) is 18.2 Å². The highest BCUT2D eigenvalue weighted by atomic mass is 16.5. The number of nitrogens with zero attached hydrogens (tertiary/aromatic N) is 5. The van der Waals surface area contributed by atoms with Crippen molar-refractivity contribution in [2.45, 2.75) is 33.4 Å². The molecule has 0 saturated heterocycles. The Morgan fingerprint density at radius 2 is 1.73 bits per heavy atom. The minimum absolute atomic E-state index is 0.294. The Labute approximate surface area is 237 Å². The number of ether oxygens (including phenoxy) is 1. The van der Waals surface area contributed by atoms with Crippen LogP contribution in [0.5, 0.6) is 5.75 Å². The lowest BCUT2D eigenvalue weighted by Gasteiger charge is -2.19. The van der Waals surface area contributed by atoms with Gasteiger partial charge in [0.2, 0.25) is 0 Å². The molecule has 0 aliphatic rings. The van der Waals surface area contributed by atoms with E-state index in [2.05, 4.69) is 33.9 Å². The van der Waals surface area contributed by atoms with Crippen LogP contribution in [0.15, 0.2) is 91.3 Å². The Hall–Kier alpha value is -4.98. The van der Waals surface area contributed by atoms with Gasteiger partial charge in [0.25, 0.3) is 0 Å². The van der Waals surface area contributed by atoms with Crippen LogP contribution in [0.2, 0.25) is 0 Å². The summed E-state index contributed by atoms with van der Waals surface area (Å²) in [7, 11) is 1.90. The minimum atomic E-state index is -0.968. The highest BCUT2D eigenvalue weighted by Crippen LogP contribution is 2.29. The quantitative estimate of drug-likeness (QED) is 0.230. The summed E-state index contributed by atoms with van der Waals surface area (Å²) in [5, 5.41) is 15.2. The summed E-state index contributed by atoms with van der Waals surface area (Å²) in [6.45, 7) is 4.36. The summed E-state index contributed by atoms with van der Waals surface area (Å²) < 4.78 is 9.99. The van der Waals surface area contributed by atoms with Crippen molar-refractivity contribution in [3.8, 4) is 16.9 Å². The Morgan fingerprint density at radius 3 is 2.49 bits per heavy atom. The SMILES string of the molecule is Cn1cc(-c2ccc(Cn3c(CC(C)(C)C(=O)O)nc4cc(OCc5ccc6ccccc6n5)ccc43)cc2)cn1. The van der Waals surface area contributed by atoms with Gasteiger partial charge in [-0.3, -0.25) is 9.48 Å². The van der Waals surface area contributed by atoms with E-state index in [0.717, 1.165) is 50.1 Å². The highest BCUT2D eigenvalue weighted by Gasteiger charge is 2.30. The van der Waals surface area contributed by atoms with E-state index in [-0.39, 0.29) is 0 Å². The second kappa shape index (κ2) is 10.5. The van der Waals surface area contributed by atoms with Crippen molar-refractivity contribution in [2.75, 3.05) is 0 Å². The van der Waals surface area contributed by atoms with Gasteiger partial charge >= 0.3 is 5.97 Å². The van der Waals surface area contributed by atoms with E-state index in [1.165, 1.54) is 0 Å². The lowest BCUT2D eigenvalue weighted by Crippen LogP contribution is -2.27. The summed E-state index contributed by atoms with van der Waals surface area (Å²) in [6, 6.07) is 26.2. The van der Waals surface area contributed by atoms with Crippen molar-refractivity contribution >= 4 is 27.9 Å². The zero-order chi connectivity index (χ0) is 28.6. The predicted octanol–water partition coefficient (Wildman–Crippen LogP) is 6.27. The molecule has 8 nitrogen and oxygen atoms in total. The predicted molar refractivity (Wildman–Crippen MR) is 159 cm³/mol. The molecule has 0 radical (unpaired) electrons. The number of para-hydroxylation sites is 1. The van der Waals surface area contributed by atoms with E-state index in [1.807, 2.05) is 74.0 Å². The van der Waals surface area contributed by atoms with Crippen molar-refractivity contribution in [3.63, 3.8) is 0 Å². The van der Waals surface area contributed by atoms with Gasteiger partial charge in [0.15, 0.2) is 0 Å². The number of fused-ring (bicyclic) bond motifs is 2. The second-order valence-corrected chi connectivity index (χ2v) is 11.0. The molecule has 206 valence electrons. The number of aryl methyl sites for hydroxylation is 1. The first-order valence-electron chi connectivity index (χ1n) is 13.5. The zero-order valence-electron chi connectivity index (χ0n) is 23.3. The molecule has 3 aromatic heterocycles. The first-order chi connectivity index (χ1) is 19.7.